The normalized spacial score (nSPS) is 10.5. The molecule has 0 radical (unpaired) electrons. The largest absolute Gasteiger partial charge is 0.451 e. The second-order valence-electron chi connectivity index (χ2n) is 5.54. The Morgan fingerprint density at radius 1 is 0.958 bits per heavy atom. The van der Waals surface area contributed by atoms with Crippen LogP contribution < -0.4 is 10.9 Å². The molecule has 2 amide bonds. The van der Waals surface area contributed by atoms with Crippen molar-refractivity contribution in [3.05, 3.63) is 71.5 Å². The van der Waals surface area contributed by atoms with Gasteiger partial charge in [-0.3, -0.25) is 20.4 Å². The SMILES string of the molecule is Cc1c(C(=O)NNC(=O)CCc2ccccc2)oc2ccccc12. The summed E-state index contributed by atoms with van der Waals surface area (Å²) in [7, 11) is 0. The van der Waals surface area contributed by atoms with E-state index in [1.807, 2.05) is 55.5 Å². The highest BCUT2D eigenvalue weighted by Gasteiger charge is 2.17. The molecule has 0 aliphatic rings. The van der Waals surface area contributed by atoms with Gasteiger partial charge in [-0.15, -0.1) is 0 Å². The monoisotopic (exact) mass is 322 g/mol. The second-order valence-corrected chi connectivity index (χ2v) is 5.54. The molecule has 122 valence electrons. The van der Waals surface area contributed by atoms with E-state index in [9.17, 15) is 9.59 Å². The summed E-state index contributed by atoms with van der Waals surface area (Å²) in [6.45, 7) is 1.82. The van der Waals surface area contributed by atoms with E-state index >= 15 is 0 Å². The van der Waals surface area contributed by atoms with E-state index in [2.05, 4.69) is 10.9 Å². The lowest BCUT2D eigenvalue weighted by molar-refractivity contribution is -0.121. The summed E-state index contributed by atoms with van der Waals surface area (Å²) < 4.78 is 5.56. The van der Waals surface area contributed by atoms with Gasteiger partial charge in [0, 0.05) is 17.4 Å². The van der Waals surface area contributed by atoms with Crippen molar-refractivity contribution < 1.29 is 14.0 Å². The first kappa shape index (κ1) is 15.8. The number of carbonyl (C=O) groups is 2. The van der Waals surface area contributed by atoms with Crippen LogP contribution in [0.1, 0.15) is 28.1 Å². The number of nitrogens with one attached hydrogen (secondary N) is 2. The number of benzene rings is 2. The number of para-hydroxylation sites is 1. The summed E-state index contributed by atoms with van der Waals surface area (Å²) in [4.78, 5) is 24.0. The molecule has 1 heterocycles. The van der Waals surface area contributed by atoms with Crippen molar-refractivity contribution in [3.8, 4) is 0 Å². The Morgan fingerprint density at radius 3 is 2.42 bits per heavy atom. The van der Waals surface area contributed by atoms with Crippen LogP contribution in [0, 0.1) is 6.92 Å². The highest BCUT2D eigenvalue weighted by Crippen LogP contribution is 2.24. The standard InChI is InChI=1S/C19H18N2O3/c1-13-15-9-5-6-10-16(15)24-18(13)19(23)21-20-17(22)12-11-14-7-3-2-4-8-14/h2-10H,11-12H2,1H3,(H,20,22)(H,21,23). The van der Waals surface area contributed by atoms with Gasteiger partial charge in [-0.05, 0) is 25.0 Å². The fourth-order valence-electron chi connectivity index (χ4n) is 2.54. The van der Waals surface area contributed by atoms with Crippen molar-refractivity contribution in [2.75, 3.05) is 0 Å². The Morgan fingerprint density at radius 2 is 1.67 bits per heavy atom. The third kappa shape index (κ3) is 3.46. The predicted molar refractivity (Wildman–Crippen MR) is 91.3 cm³/mol. The van der Waals surface area contributed by atoms with Crippen LogP contribution in [0.15, 0.2) is 59.0 Å². The van der Waals surface area contributed by atoms with Gasteiger partial charge in [-0.2, -0.15) is 0 Å². The van der Waals surface area contributed by atoms with Gasteiger partial charge in [0.05, 0.1) is 0 Å². The van der Waals surface area contributed by atoms with Crippen LogP contribution in [-0.4, -0.2) is 11.8 Å². The Hall–Kier alpha value is -3.08. The molecule has 2 aromatic carbocycles. The first-order chi connectivity index (χ1) is 11.6. The van der Waals surface area contributed by atoms with Gasteiger partial charge in [-0.1, -0.05) is 48.5 Å². The predicted octanol–water partition coefficient (Wildman–Crippen LogP) is 3.14. The molecule has 0 aliphatic heterocycles. The van der Waals surface area contributed by atoms with E-state index in [0.29, 0.717) is 18.4 Å². The topological polar surface area (TPSA) is 71.3 Å². The molecule has 0 saturated heterocycles. The maximum atomic E-state index is 12.2. The zero-order valence-electron chi connectivity index (χ0n) is 13.3. The minimum absolute atomic E-state index is 0.208. The van der Waals surface area contributed by atoms with Crippen LogP contribution in [0.3, 0.4) is 0 Å². The van der Waals surface area contributed by atoms with Crippen molar-refractivity contribution in [2.24, 2.45) is 0 Å². The average Bonchev–Trinajstić information content (AvgIpc) is 2.96. The van der Waals surface area contributed by atoms with E-state index in [4.69, 9.17) is 4.42 Å². The van der Waals surface area contributed by atoms with Crippen molar-refractivity contribution >= 4 is 22.8 Å². The van der Waals surface area contributed by atoms with Crippen molar-refractivity contribution in [1.29, 1.82) is 0 Å². The van der Waals surface area contributed by atoms with E-state index in [-0.39, 0.29) is 11.7 Å². The fourth-order valence-corrected chi connectivity index (χ4v) is 2.54. The van der Waals surface area contributed by atoms with Gasteiger partial charge in [0.15, 0.2) is 5.76 Å². The summed E-state index contributed by atoms with van der Waals surface area (Å²) in [5.41, 5.74) is 7.31. The van der Waals surface area contributed by atoms with E-state index in [0.717, 1.165) is 16.5 Å². The number of furan rings is 1. The van der Waals surface area contributed by atoms with Crippen LogP contribution in [0.5, 0.6) is 0 Å². The molecule has 0 saturated carbocycles. The second kappa shape index (κ2) is 7.00. The van der Waals surface area contributed by atoms with Crippen LogP contribution in [0.4, 0.5) is 0 Å². The van der Waals surface area contributed by atoms with E-state index in [1.54, 1.807) is 6.07 Å². The quantitative estimate of drug-likeness (QED) is 0.725. The number of hydrogen-bond donors (Lipinski definition) is 2. The number of aryl methyl sites for hydroxylation is 2. The first-order valence-electron chi connectivity index (χ1n) is 7.76. The van der Waals surface area contributed by atoms with Crippen molar-refractivity contribution in [2.45, 2.75) is 19.8 Å². The zero-order chi connectivity index (χ0) is 16.9. The number of amides is 2. The zero-order valence-corrected chi connectivity index (χ0v) is 13.3. The molecule has 0 aliphatic carbocycles. The Kier molecular flexibility index (Phi) is 4.61. The molecule has 24 heavy (non-hydrogen) atoms. The Balaban J connectivity index is 1.56. The molecule has 0 atom stereocenters. The molecular weight excluding hydrogens is 304 g/mol. The smallest absolute Gasteiger partial charge is 0.305 e. The summed E-state index contributed by atoms with van der Waals surface area (Å²) in [5.74, 6) is -0.503. The number of hydrazine groups is 1. The number of carbonyl (C=O) groups excluding carboxylic acids is 2. The first-order valence-corrected chi connectivity index (χ1v) is 7.76. The van der Waals surface area contributed by atoms with E-state index in [1.165, 1.54) is 0 Å². The summed E-state index contributed by atoms with van der Waals surface area (Å²) in [6, 6.07) is 17.1. The van der Waals surface area contributed by atoms with Crippen LogP contribution in [0.2, 0.25) is 0 Å². The summed E-state index contributed by atoms with van der Waals surface area (Å²) in [5, 5.41) is 0.887. The molecule has 0 spiro atoms. The fraction of sp³-hybridized carbons (Fsp3) is 0.158. The Bertz CT molecular complexity index is 869. The third-order valence-electron chi connectivity index (χ3n) is 3.85. The summed E-state index contributed by atoms with van der Waals surface area (Å²) in [6.07, 6.45) is 0.912. The minimum atomic E-state index is -0.461. The molecule has 0 fully saturated rings. The molecule has 5 nitrogen and oxygen atoms in total. The van der Waals surface area contributed by atoms with Crippen LogP contribution in [-0.2, 0) is 11.2 Å². The Labute approximate surface area is 139 Å². The molecule has 2 N–H and O–H groups in total. The van der Waals surface area contributed by atoms with Gasteiger partial charge in [0.2, 0.25) is 5.91 Å². The van der Waals surface area contributed by atoms with Gasteiger partial charge >= 0.3 is 5.91 Å². The lowest BCUT2D eigenvalue weighted by Gasteiger charge is -2.06. The van der Waals surface area contributed by atoms with Gasteiger partial charge in [-0.25, -0.2) is 0 Å². The highest BCUT2D eigenvalue weighted by molar-refractivity contribution is 5.99. The lowest BCUT2D eigenvalue weighted by atomic mass is 10.1. The minimum Gasteiger partial charge on any atom is -0.451 e. The van der Waals surface area contributed by atoms with Crippen molar-refractivity contribution in [1.82, 2.24) is 10.9 Å². The average molecular weight is 322 g/mol. The molecule has 3 rings (SSSR count). The van der Waals surface area contributed by atoms with E-state index < -0.39 is 5.91 Å². The van der Waals surface area contributed by atoms with Crippen molar-refractivity contribution in [3.63, 3.8) is 0 Å². The van der Waals surface area contributed by atoms with Crippen LogP contribution in [0.25, 0.3) is 11.0 Å². The number of hydrogen-bond acceptors (Lipinski definition) is 3. The molecule has 0 bridgehead atoms. The number of rotatable bonds is 4. The van der Waals surface area contributed by atoms with Gasteiger partial charge in [0.25, 0.3) is 0 Å². The van der Waals surface area contributed by atoms with Crippen LogP contribution >= 0.6 is 0 Å². The molecular formula is C19H18N2O3. The van der Waals surface area contributed by atoms with Gasteiger partial charge < -0.3 is 4.42 Å². The maximum Gasteiger partial charge on any atom is 0.305 e. The lowest BCUT2D eigenvalue weighted by Crippen LogP contribution is -2.41. The number of fused-ring (bicyclic) bond motifs is 1. The van der Waals surface area contributed by atoms with Gasteiger partial charge in [0.1, 0.15) is 5.58 Å². The maximum absolute atomic E-state index is 12.2. The molecule has 1 aromatic heterocycles. The molecule has 5 heteroatoms. The summed E-state index contributed by atoms with van der Waals surface area (Å²) >= 11 is 0. The third-order valence-corrected chi connectivity index (χ3v) is 3.85. The highest BCUT2D eigenvalue weighted by atomic mass is 16.3. The molecule has 0 unspecified atom stereocenters. The molecule has 3 aromatic rings.